The minimum absolute atomic E-state index is 0.311. The van der Waals surface area contributed by atoms with E-state index in [4.69, 9.17) is 16.9 Å². The second-order valence-corrected chi connectivity index (χ2v) is 6.66. The van der Waals surface area contributed by atoms with Gasteiger partial charge in [0.05, 0.1) is 6.07 Å². The molecule has 1 N–H and O–H groups in total. The predicted octanol–water partition coefficient (Wildman–Crippen LogP) is 2.29. The highest BCUT2D eigenvalue weighted by Crippen LogP contribution is 2.66. The van der Waals surface area contributed by atoms with Crippen molar-refractivity contribution in [1.82, 2.24) is 0 Å². The summed E-state index contributed by atoms with van der Waals surface area (Å²) in [6.45, 7) is 0. The Balaban J connectivity index is 2.43. The molecule has 0 amide bonds. The fraction of sp³-hybridized carbons (Fsp3) is 0.300. The molecule has 1 atom stereocenters. The molecule has 2 rings (SSSR count). The monoisotopic (exact) mass is 241 g/mol. The first-order valence-electron chi connectivity index (χ1n) is 4.52. The van der Waals surface area contributed by atoms with Crippen LogP contribution >= 0.6 is 19.0 Å². The fourth-order valence-corrected chi connectivity index (χ4v) is 3.52. The van der Waals surface area contributed by atoms with Crippen LogP contribution in [-0.4, -0.2) is 10.0 Å². The summed E-state index contributed by atoms with van der Waals surface area (Å²) in [5.74, 6) is 0. The van der Waals surface area contributed by atoms with Gasteiger partial charge in [0.25, 0.3) is 0 Å². The van der Waals surface area contributed by atoms with E-state index in [-0.39, 0.29) is 0 Å². The Morgan fingerprint density at radius 3 is 2.33 bits per heavy atom. The van der Waals surface area contributed by atoms with Gasteiger partial charge in [-0.15, -0.1) is 0 Å². The maximum atomic E-state index is 12.1. The first-order chi connectivity index (χ1) is 7.02. The first-order valence-corrected chi connectivity index (χ1v) is 6.56. The average Bonchev–Trinajstić information content (AvgIpc) is 2.99. The number of nitrogens with zero attached hydrogens (tertiary/aromatic N) is 1. The van der Waals surface area contributed by atoms with Crippen LogP contribution in [-0.2, 0) is 4.57 Å². The van der Waals surface area contributed by atoms with Crippen LogP contribution in [0.2, 0.25) is 5.02 Å². The lowest BCUT2D eigenvalue weighted by Crippen LogP contribution is -2.16. The molecule has 0 aliphatic heterocycles. The minimum Gasteiger partial charge on any atom is -0.340 e. The van der Waals surface area contributed by atoms with E-state index < -0.39 is 12.5 Å². The van der Waals surface area contributed by atoms with Crippen molar-refractivity contribution < 1.29 is 9.46 Å². The molecular weight excluding hydrogens is 233 g/mol. The fourth-order valence-electron chi connectivity index (χ4n) is 1.49. The largest absolute Gasteiger partial charge is 0.340 e. The predicted molar refractivity (Wildman–Crippen MR) is 58.5 cm³/mol. The molecule has 78 valence electrons. The van der Waals surface area contributed by atoms with E-state index in [1.165, 1.54) is 12.1 Å². The molecule has 3 nitrogen and oxygen atoms in total. The van der Waals surface area contributed by atoms with Gasteiger partial charge in [-0.1, -0.05) is 11.6 Å². The molecule has 15 heavy (non-hydrogen) atoms. The molecule has 1 aromatic carbocycles. The first kappa shape index (κ1) is 10.7. The number of nitriles is 1. The van der Waals surface area contributed by atoms with Crippen LogP contribution in [0.15, 0.2) is 24.3 Å². The molecular formula is C10H9ClNO2P. The van der Waals surface area contributed by atoms with Crippen LogP contribution in [0.1, 0.15) is 12.8 Å². The molecule has 0 spiro atoms. The Morgan fingerprint density at radius 1 is 1.40 bits per heavy atom. The SMILES string of the molecule is N#CC1(P(=O)(O)c2ccc(Cl)cc2)CC1. The van der Waals surface area contributed by atoms with Gasteiger partial charge in [0.1, 0.15) is 5.16 Å². The lowest BCUT2D eigenvalue weighted by Gasteiger charge is -2.15. The summed E-state index contributed by atoms with van der Waals surface area (Å²) >= 11 is 5.69. The third-order valence-corrected chi connectivity index (χ3v) is 5.65. The zero-order chi connectivity index (χ0) is 11.1. The molecule has 0 aromatic heterocycles. The van der Waals surface area contributed by atoms with Crippen LogP contribution in [0.4, 0.5) is 0 Å². The van der Waals surface area contributed by atoms with Crippen molar-refractivity contribution >= 4 is 24.3 Å². The Morgan fingerprint density at radius 2 is 1.93 bits per heavy atom. The van der Waals surface area contributed by atoms with Crippen LogP contribution in [0.5, 0.6) is 0 Å². The maximum Gasteiger partial charge on any atom is 0.249 e. The van der Waals surface area contributed by atoms with Crippen molar-refractivity contribution in [3.05, 3.63) is 29.3 Å². The quantitative estimate of drug-likeness (QED) is 0.808. The molecule has 0 bridgehead atoms. The molecule has 1 fully saturated rings. The normalized spacial score (nSPS) is 21.4. The summed E-state index contributed by atoms with van der Waals surface area (Å²) in [5, 5.41) is 8.68. The molecule has 1 saturated carbocycles. The van der Waals surface area contributed by atoms with Crippen molar-refractivity contribution in [1.29, 1.82) is 5.26 Å². The Bertz CT molecular complexity index is 473. The van der Waals surface area contributed by atoms with Gasteiger partial charge >= 0.3 is 0 Å². The van der Waals surface area contributed by atoms with Gasteiger partial charge < -0.3 is 4.89 Å². The molecule has 1 aliphatic rings. The highest BCUT2D eigenvalue weighted by molar-refractivity contribution is 7.68. The van der Waals surface area contributed by atoms with Gasteiger partial charge in [0.2, 0.25) is 7.37 Å². The highest BCUT2D eigenvalue weighted by atomic mass is 35.5. The molecule has 5 heteroatoms. The summed E-state index contributed by atoms with van der Waals surface area (Å²) in [6, 6.07) is 8.11. The minimum atomic E-state index is -3.58. The van der Waals surface area contributed by atoms with Crippen LogP contribution in [0, 0.1) is 11.3 Å². The number of benzene rings is 1. The van der Waals surface area contributed by atoms with E-state index in [1.807, 2.05) is 6.07 Å². The van der Waals surface area contributed by atoms with Gasteiger partial charge in [-0.25, -0.2) is 0 Å². The zero-order valence-corrected chi connectivity index (χ0v) is 9.50. The van der Waals surface area contributed by atoms with Crippen molar-refractivity contribution in [2.75, 3.05) is 0 Å². The lowest BCUT2D eigenvalue weighted by molar-refractivity contribution is 0.481. The van der Waals surface area contributed by atoms with Crippen LogP contribution in [0.3, 0.4) is 0 Å². The van der Waals surface area contributed by atoms with Crippen molar-refractivity contribution in [2.45, 2.75) is 18.0 Å². The molecule has 1 unspecified atom stereocenters. The van der Waals surface area contributed by atoms with Gasteiger partial charge in [0, 0.05) is 10.3 Å². The van der Waals surface area contributed by atoms with Crippen LogP contribution < -0.4 is 5.30 Å². The van der Waals surface area contributed by atoms with E-state index >= 15 is 0 Å². The molecule has 1 aliphatic carbocycles. The lowest BCUT2D eigenvalue weighted by atomic mass is 10.4. The summed E-state index contributed by atoms with van der Waals surface area (Å²) < 4.78 is 12.1. The molecule has 1 aromatic rings. The average molecular weight is 242 g/mol. The van der Waals surface area contributed by atoms with Crippen molar-refractivity contribution in [3.8, 4) is 6.07 Å². The standard InChI is InChI=1S/C10H9ClNO2P/c11-8-1-3-9(4-2-8)15(13,14)10(7-12)5-6-10/h1-4H,5-6H2,(H,13,14). The van der Waals surface area contributed by atoms with E-state index in [2.05, 4.69) is 0 Å². The highest BCUT2D eigenvalue weighted by Gasteiger charge is 2.58. The summed E-state index contributed by atoms with van der Waals surface area (Å²) in [7, 11) is -3.58. The second kappa shape index (κ2) is 3.35. The Labute approximate surface area is 92.8 Å². The number of hydrogen-bond donors (Lipinski definition) is 1. The third kappa shape index (κ3) is 1.59. The maximum absolute atomic E-state index is 12.1. The van der Waals surface area contributed by atoms with E-state index in [0.29, 0.717) is 23.2 Å². The number of hydrogen-bond acceptors (Lipinski definition) is 2. The van der Waals surface area contributed by atoms with Gasteiger partial charge in [-0.3, -0.25) is 4.57 Å². The summed E-state index contributed by atoms with van der Waals surface area (Å²) in [4.78, 5) is 9.96. The van der Waals surface area contributed by atoms with Gasteiger partial charge in [-0.05, 0) is 37.1 Å². The molecule has 0 saturated heterocycles. The Kier molecular flexibility index (Phi) is 2.39. The van der Waals surface area contributed by atoms with E-state index in [0.717, 1.165) is 0 Å². The topological polar surface area (TPSA) is 61.1 Å². The van der Waals surface area contributed by atoms with E-state index in [1.54, 1.807) is 12.1 Å². The smallest absolute Gasteiger partial charge is 0.249 e. The van der Waals surface area contributed by atoms with E-state index in [9.17, 15) is 9.46 Å². The van der Waals surface area contributed by atoms with Gasteiger partial charge in [0.15, 0.2) is 0 Å². The zero-order valence-electron chi connectivity index (χ0n) is 7.85. The second-order valence-electron chi connectivity index (χ2n) is 3.70. The third-order valence-electron chi connectivity index (χ3n) is 2.69. The van der Waals surface area contributed by atoms with Gasteiger partial charge in [-0.2, -0.15) is 5.26 Å². The van der Waals surface area contributed by atoms with Crippen LogP contribution in [0.25, 0.3) is 0 Å². The Hall–Kier alpha value is -0.810. The number of halogens is 1. The van der Waals surface area contributed by atoms with Crippen molar-refractivity contribution in [3.63, 3.8) is 0 Å². The summed E-state index contributed by atoms with van der Waals surface area (Å²) in [6.07, 6.45) is 1.000. The molecule has 0 heterocycles. The summed E-state index contributed by atoms with van der Waals surface area (Å²) in [5.41, 5.74) is 0. The van der Waals surface area contributed by atoms with Crippen molar-refractivity contribution in [2.24, 2.45) is 0 Å². The number of rotatable bonds is 2. The molecule has 0 radical (unpaired) electrons.